The van der Waals surface area contributed by atoms with Crippen LogP contribution in [-0.2, 0) is 4.74 Å². The number of hydrogen-bond acceptors (Lipinski definition) is 5. The Kier molecular flexibility index (Phi) is 4.50. The van der Waals surface area contributed by atoms with Crippen molar-refractivity contribution in [1.29, 1.82) is 0 Å². The molecule has 1 aliphatic heterocycles. The van der Waals surface area contributed by atoms with Crippen molar-refractivity contribution in [1.82, 2.24) is 15.3 Å². The highest BCUT2D eigenvalue weighted by Gasteiger charge is 2.19. The number of para-hydroxylation sites is 2. The number of nitrogens with zero attached hydrogens (tertiary/aromatic N) is 2. The average Bonchev–Trinajstić information content (AvgIpc) is 3.40. The summed E-state index contributed by atoms with van der Waals surface area (Å²) in [6.45, 7) is 1.31. The minimum Gasteiger partial charge on any atom is -0.376 e. The van der Waals surface area contributed by atoms with E-state index in [9.17, 15) is 4.79 Å². The number of amides is 1. The van der Waals surface area contributed by atoms with E-state index in [4.69, 9.17) is 14.7 Å². The second kappa shape index (κ2) is 7.30. The van der Waals surface area contributed by atoms with Gasteiger partial charge in [0.1, 0.15) is 10.7 Å². The Bertz CT molecular complexity index is 1130. The standard InChI is InChI=1S/C22H19N3O2S/c26-21(23-13-14-6-5-11-27-14)16-12-19(24-17-8-2-1-7-15(16)17)22-25-18-9-3-4-10-20(18)28-22/h1-4,7-10,12,14H,5-6,11,13H2,(H,23,26). The van der Waals surface area contributed by atoms with Gasteiger partial charge >= 0.3 is 0 Å². The number of carbonyl (C=O) groups is 1. The van der Waals surface area contributed by atoms with Gasteiger partial charge in [-0.25, -0.2) is 9.97 Å². The zero-order valence-electron chi connectivity index (χ0n) is 15.2. The SMILES string of the molecule is O=C(NCC1CCCO1)c1cc(-c2nc3ccccc3s2)nc2ccccc12. The lowest BCUT2D eigenvalue weighted by atomic mass is 10.1. The summed E-state index contributed by atoms with van der Waals surface area (Å²) in [5.41, 5.74) is 3.09. The summed E-state index contributed by atoms with van der Waals surface area (Å²) >= 11 is 1.59. The van der Waals surface area contributed by atoms with Crippen LogP contribution in [0.5, 0.6) is 0 Å². The van der Waals surface area contributed by atoms with Gasteiger partial charge in [-0.2, -0.15) is 0 Å². The lowest BCUT2D eigenvalue weighted by Crippen LogP contribution is -2.31. The number of rotatable bonds is 4. The third kappa shape index (κ3) is 3.25. The van der Waals surface area contributed by atoms with E-state index in [0.717, 1.165) is 51.3 Å². The molecule has 28 heavy (non-hydrogen) atoms. The Labute approximate surface area is 166 Å². The molecule has 0 saturated carbocycles. The third-order valence-electron chi connectivity index (χ3n) is 4.99. The van der Waals surface area contributed by atoms with Crippen LogP contribution in [0.2, 0.25) is 0 Å². The van der Waals surface area contributed by atoms with E-state index in [2.05, 4.69) is 5.32 Å². The maximum atomic E-state index is 13.0. The molecule has 1 unspecified atom stereocenters. The summed E-state index contributed by atoms with van der Waals surface area (Å²) in [6, 6.07) is 17.6. The van der Waals surface area contributed by atoms with Crippen LogP contribution in [0.3, 0.4) is 0 Å². The van der Waals surface area contributed by atoms with Gasteiger partial charge in [0.2, 0.25) is 0 Å². The molecule has 140 valence electrons. The molecule has 6 heteroatoms. The number of nitrogens with one attached hydrogen (secondary N) is 1. The molecule has 1 saturated heterocycles. The normalized spacial score (nSPS) is 16.6. The Morgan fingerprint density at radius 1 is 1.11 bits per heavy atom. The van der Waals surface area contributed by atoms with Crippen LogP contribution >= 0.6 is 11.3 Å². The Morgan fingerprint density at radius 3 is 2.75 bits per heavy atom. The minimum absolute atomic E-state index is 0.100. The van der Waals surface area contributed by atoms with Gasteiger partial charge in [0, 0.05) is 18.5 Å². The van der Waals surface area contributed by atoms with Gasteiger partial charge in [0.25, 0.3) is 5.91 Å². The van der Waals surface area contributed by atoms with E-state index < -0.39 is 0 Å². The number of carbonyl (C=O) groups excluding carboxylic acids is 1. The lowest BCUT2D eigenvalue weighted by molar-refractivity contribution is 0.0859. The van der Waals surface area contributed by atoms with Gasteiger partial charge in [0.15, 0.2) is 0 Å². The first-order valence-corrected chi connectivity index (χ1v) is 10.2. The molecule has 1 amide bonds. The third-order valence-corrected chi connectivity index (χ3v) is 6.05. The highest BCUT2D eigenvalue weighted by atomic mass is 32.1. The summed E-state index contributed by atoms with van der Waals surface area (Å²) < 4.78 is 6.73. The van der Waals surface area contributed by atoms with Crippen molar-refractivity contribution in [3.05, 3.63) is 60.2 Å². The van der Waals surface area contributed by atoms with Crippen molar-refractivity contribution in [3.8, 4) is 10.7 Å². The number of aromatic nitrogens is 2. The highest BCUT2D eigenvalue weighted by molar-refractivity contribution is 7.21. The molecule has 1 N–H and O–H groups in total. The van der Waals surface area contributed by atoms with E-state index in [1.54, 1.807) is 11.3 Å². The Balaban J connectivity index is 1.54. The number of thiazole rings is 1. The minimum atomic E-state index is -0.100. The van der Waals surface area contributed by atoms with Crippen molar-refractivity contribution in [2.75, 3.05) is 13.2 Å². The molecule has 0 bridgehead atoms. The van der Waals surface area contributed by atoms with Gasteiger partial charge in [0.05, 0.1) is 27.4 Å². The van der Waals surface area contributed by atoms with Crippen molar-refractivity contribution in [2.45, 2.75) is 18.9 Å². The van der Waals surface area contributed by atoms with E-state index in [1.165, 1.54) is 0 Å². The lowest BCUT2D eigenvalue weighted by Gasteiger charge is -2.12. The molecule has 1 fully saturated rings. The van der Waals surface area contributed by atoms with Crippen molar-refractivity contribution in [3.63, 3.8) is 0 Å². The molecule has 3 heterocycles. The number of benzene rings is 2. The Morgan fingerprint density at radius 2 is 1.93 bits per heavy atom. The van der Waals surface area contributed by atoms with E-state index in [0.29, 0.717) is 12.1 Å². The predicted molar refractivity (Wildman–Crippen MR) is 112 cm³/mol. The molecular formula is C22H19N3O2S. The zero-order chi connectivity index (χ0) is 18.9. The average molecular weight is 389 g/mol. The molecule has 4 aromatic rings. The van der Waals surface area contributed by atoms with Gasteiger partial charge in [-0.05, 0) is 37.1 Å². The molecule has 5 rings (SSSR count). The maximum Gasteiger partial charge on any atom is 0.252 e. The first kappa shape index (κ1) is 17.3. The van der Waals surface area contributed by atoms with Crippen LogP contribution in [0.1, 0.15) is 23.2 Å². The Hall–Kier alpha value is -2.83. The van der Waals surface area contributed by atoms with Gasteiger partial charge in [-0.3, -0.25) is 4.79 Å². The first-order valence-electron chi connectivity index (χ1n) is 9.43. The quantitative estimate of drug-likeness (QED) is 0.561. The van der Waals surface area contributed by atoms with E-state index in [1.807, 2.05) is 54.6 Å². The molecule has 1 atom stereocenters. The molecule has 5 nitrogen and oxygen atoms in total. The van der Waals surface area contributed by atoms with Crippen LogP contribution in [0.4, 0.5) is 0 Å². The highest BCUT2D eigenvalue weighted by Crippen LogP contribution is 2.31. The van der Waals surface area contributed by atoms with Crippen molar-refractivity contribution in [2.24, 2.45) is 0 Å². The van der Waals surface area contributed by atoms with E-state index in [-0.39, 0.29) is 12.0 Å². The summed E-state index contributed by atoms with van der Waals surface area (Å²) in [5.74, 6) is -0.100. The molecule has 2 aromatic carbocycles. The molecule has 1 aliphatic rings. The molecule has 0 radical (unpaired) electrons. The summed E-state index contributed by atoms with van der Waals surface area (Å²) in [6.07, 6.45) is 2.16. The molecular weight excluding hydrogens is 370 g/mol. The zero-order valence-corrected chi connectivity index (χ0v) is 16.0. The number of hydrogen-bond donors (Lipinski definition) is 1. The fourth-order valence-electron chi connectivity index (χ4n) is 3.56. The van der Waals surface area contributed by atoms with Crippen LogP contribution in [-0.4, -0.2) is 35.1 Å². The largest absolute Gasteiger partial charge is 0.376 e. The number of fused-ring (bicyclic) bond motifs is 2. The predicted octanol–water partition coefficient (Wildman–Crippen LogP) is 4.42. The van der Waals surface area contributed by atoms with Gasteiger partial charge < -0.3 is 10.1 Å². The second-order valence-electron chi connectivity index (χ2n) is 6.90. The van der Waals surface area contributed by atoms with Crippen LogP contribution < -0.4 is 5.32 Å². The van der Waals surface area contributed by atoms with E-state index >= 15 is 0 Å². The number of pyridine rings is 1. The maximum absolute atomic E-state index is 13.0. The second-order valence-corrected chi connectivity index (χ2v) is 7.93. The molecule has 2 aromatic heterocycles. The summed E-state index contributed by atoms with van der Waals surface area (Å²) in [4.78, 5) is 22.4. The molecule has 0 spiro atoms. The van der Waals surface area contributed by atoms with Gasteiger partial charge in [-0.1, -0.05) is 30.3 Å². The van der Waals surface area contributed by atoms with Crippen molar-refractivity contribution >= 4 is 38.4 Å². The summed E-state index contributed by atoms with van der Waals surface area (Å²) in [5, 5.41) is 4.69. The van der Waals surface area contributed by atoms with Gasteiger partial charge in [-0.15, -0.1) is 11.3 Å². The monoisotopic (exact) mass is 389 g/mol. The van der Waals surface area contributed by atoms with Crippen LogP contribution in [0.15, 0.2) is 54.6 Å². The summed E-state index contributed by atoms with van der Waals surface area (Å²) in [7, 11) is 0. The van der Waals surface area contributed by atoms with Crippen LogP contribution in [0.25, 0.3) is 31.8 Å². The fourth-order valence-corrected chi connectivity index (χ4v) is 4.49. The fraction of sp³-hybridized carbons (Fsp3) is 0.227. The first-order chi connectivity index (χ1) is 13.8. The molecule has 0 aliphatic carbocycles. The topological polar surface area (TPSA) is 64.1 Å². The van der Waals surface area contributed by atoms with Crippen LogP contribution in [0, 0.1) is 0 Å². The number of ether oxygens (including phenoxy) is 1. The van der Waals surface area contributed by atoms with Crippen molar-refractivity contribution < 1.29 is 9.53 Å². The smallest absolute Gasteiger partial charge is 0.252 e.